The number of carbonyl (C=O) groups is 4. The van der Waals surface area contributed by atoms with E-state index in [9.17, 15) is 57.6 Å². The number of thiazole rings is 1. The van der Waals surface area contributed by atoms with Crippen molar-refractivity contribution < 1.29 is 52.9 Å². The van der Waals surface area contributed by atoms with Crippen molar-refractivity contribution in [3.05, 3.63) is 44.0 Å². The summed E-state index contributed by atoms with van der Waals surface area (Å²) in [6.07, 6.45) is -0.628. The number of aliphatic carboxylic acids is 1. The summed E-state index contributed by atoms with van der Waals surface area (Å²) in [5.74, 6) is -4.10. The second-order valence-corrected chi connectivity index (χ2v) is 12.3. The molecule has 9 N–H and O–H groups in total. The lowest BCUT2D eigenvalue weighted by Crippen LogP contribution is -2.51. The Morgan fingerprint density at radius 1 is 1.31 bits per heavy atom. The van der Waals surface area contributed by atoms with E-state index in [1.807, 2.05) is 5.32 Å². The molecule has 0 unspecified atom stereocenters. The number of nitrogens with zero attached hydrogens (tertiary/aromatic N) is 5. The molecule has 3 amide bonds. The number of hydrogen-bond donors (Lipinski definition) is 8. The van der Waals surface area contributed by atoms with Crippen LogP contribution in [0.2, 0.25) is 0 Å². The number of carboxylic acids is 1. The van der Waals surface area contributed by atoms with Crippen LogP contribution in [0.3, 0.4) is 0 Å². The van der Waals surface area contributed by atoms with Gasteiger partial charge in [-0.1, -0.05) is 9.24 Å². The molecule has 0 aliphatic heterocycles. The molecule has 3 aromatic heterocycles. The van der Waals surface area contributed by atoms with E-state index >= 15 is 0 Å². The molecule has 23 nitrogen and oxygen atoms in total. The third-order valence-electron chi connectivity index (χ3n) is 5.82. The first-order chi connectivity index (χ1) is 22.4. The number of aldehydes is 1. The number of carbonyl (C=O) groups excluding carboxylic acids is 4. The summed E-state index contributed by atoms with van der Waals surface area (Å²) >= 11 is 0.889. The van der Waals surface area contributed by atoms with Crippen LogP contribution in [0.25, 0.3) is 11.5 Å². The summed E-state index contributed by atoms with van der Waals surface area (Å²) < 4.78 is 27.7. The number of aliphatic hydroxyl groups is 2. The minimum Gasteiger partial charge on any atom is -0.546 e. The average molecular weight is 716 g/mol. The van der Waals surface area contributed by atoms with Gasteiger partial charge >= 0.3 is 21.9 Å². The largest absolute Gasteiger partial charge is 0.546 e. The van der Waals surface area contributed by atoms with Crippen molar-refractivity contribution in [3.8, 4) is 17.3 Å². The van der Waals surface area contributed by atoms with Crippen molar-refractivity contribution in [1.29, 1.82) is 0 Å². The number of aliphatic hydroxyl groups excluding tert-OH is 2. The van der Waals surface area contributed by atoms with Gasteiger partial charge in [-0.2, -0.15) is 8.42 Å². The molecule has 48 heavy (non-hydrogen) atoms. The Morgan fingerprint density at radius 3 is 2.56 bits per heavy atom. The Morgan fingerprint density at radius 2 is 2.00 bits per heavy atom. The van der Waals surface area contributed by atoms with Crippen LogP contribution in [0.4, 0.5) is 9.93 Å². The van der Waals surface area contributed by atoms with Gasteiger partial charge in [-0.05, 0) is 13.8 Å². The van der Waals surface area contributed by atoms with E-state index in [4.69, 9.17) is 10.6 Å². The van der Waals surface area contributed by atoms with Gasteiger partial charge in [0.15, 0.2) is 28.0 Å². The fraction of sp³-hybridized carbons (Fsp3) is 0.348. The Balaban J connectivity index is 1.79. The molecule has 260 valence electrons. The summed E-state index contributed by atoms with van der Waals surface area (Å²) in [7, 11) is -5.17. The molecule has 0 aliphatic rings. The zero-order chi connectivity index (χ0) is 36.0. The number of hydrogen-bond acceptors (Lipinski definition) is 18. The first-order valence-corrected chi connectivity index (χ1v) is 15.4. The molecule has 3 aromatic rings. The maximum atomic E-state index is 13.0. The molecule has 0 spiro atoms. The number of aromatic hydroxyl groups is 1. The van der Waals surface area contributed by atoms with Crippen molar-refractivity contribution in [2.45, 2.75) is 38.1 Å². The molecule has 0 aromatic carbocycles. The second-order valence-electron chi connectivity index (χ2n) is 9.93. The SMILES string of the molecule is CC(C)(O/N=C(\C(=O)N[C@H](C=O)CNC(=O)NS(=O)(=O)n1nc(-c2cc(=O)c(O)c[nH]2)n(C[C@@H](O)CO)c1=O)c1csc(N)n1)C(=O)[O-]. The van der Waals surface area contributed by atoms with Gasteiger partial charge in [0, 0.05) is 24.2 Å². The number of H-pyrrole nitrogens is 1. The summed E-state index contributed by atoms with van der Waals surface area (Å²) in [6, 6.07) is -2.31. The Labute approximate surface area is 271 Å². The zero-order valence-electron chi connectivity index (χ0n) is 24.6. The smallest absolute Gasteiger partial charge is 0.362 e. The minimum atomic E-state index is -5.17. The summed E-state index contributed by atoms with van der Waals surface area (Å²) in [4.78, 5) is 84.4. The first kappa shape index (κ1) is 36.8. The van der Waals surface area contributed by atoms with Gasteiger partial charge in [-0.25, -0.2) is 19.3 Å². The number of anilines is 1. The zero-order valence-corrected chi connectivity index (χ0v) is 26.3. The standard InChI is InChI=1S/C23H28N10O13S2/c1-23(2,19(40)41)46-30-16(13-9-47-20(24)28-13)18(39)27-10(7-34)4-26-21(42)31-48(44,45)33-22(43)32(6-11(36)8-35)17(29-33)12-3-14(37)15(38)5-25-12/h3,5,7,9-11,35-36,38H,4,6,8H2,1-2H3,(H2,24,28)(H,25,37)(H,27,39)(H,40,41)(H2,26,31,42)/p-1/b30-16-/t10-,11+/m0/s1. The van der Waals surface area contributed by atoms with E-state index in [2.05, 4.69) is 25.5 Å². The van der Waals surface area contributed by atoms with Crippen LogP contribution in [0.5, 0.6) is 5.75 Å². The predicted octanol–water partition coefficient (Wildman–Crippen LogP) is -5.48. The Hall–Kier alpha value is -5.66. The van der Waals surface area contributed by atoms with Crippen LogP contribution < -0.4 is 37.3 Å². The minimum absolute atomic E-state index is 0.00636. The lowest BCUT2D eigenvalue weighted by atomic mass is 10.1. The van der Waals surface area contributed by atoms with E-state index in [0.29, 0.717) is 4.57 Å². The van der Waals surface area contributed by atoms with Crippen molar-refractivity contribution in [2.24, 2.45) is 5.16 Å². The number of rotatable bonds is 15. The van der Waals surface area contributed by atoms with Crippen LogP contribution in [-0.2, 0) is 36.0 Å². The molecule has 0 fully saturated rings. The quantitative estimate of drug-likeness (QED) is 0.0413. The molecular formula is C23H27N10O13S2-. The fourth-order valence-electron chi connectivity index (χ4n) is 3.33. The average Bonchev–Trinajstić information content (AvgIpc) is 3.59. The van der Waals surface area contributed by atoms with E-state index in [-0.39, 0.29) is 26.9 Å². The maximum Gasteiger partial charge on any atom is 0.362 e. The Bertz CT molecular complexity index is 1960. The number of urea groups is 1. The number of nitrogens with one attached hydrogen (secondary N) is 4. The van der Waals surface area contributed by atoms with Crippen LogP contribution in [0, 0.1) is 0 Å². The molecule has 2 atom stereocenters. The van der Waals surface area contributed by atoms with Gasteiger partial charge in [0.25, 0.3) is 5.91 Å². The van der Waals surface area contributed by atoms with Gasteiger partial charge in [-0.15, -0.1) is 16.4 Å². The monoisotopic (exact) mass is 715 g/mol. The topological polar surface area (TPSA) is 355 Å². The number of nitrogen functional groups attached to an aromatic ring is 1. The predicted molar refractivity (Wildman–Crippen MR) is 159 cm³/mol. The number of amides is 3. The number of aromatic nitrogens is 5. The molecule has 0 saturated heterocycles. The summed E-state index contributed by atoms with van der Waals surface area (Å²) in [6.45, 7) is -0.174. The number of oxime groups is 1. The van der Waals surface area contributed by atoms with Gasteiger partial charge in [0.05, 0.1) is 30.9 Å². The van der Waals surface area contributed by atoms with Gasteiger partial charge in [0.2, 0.25) is 5.43 Å². The summed E-state index contributed by atoms with van der Waals surface area (Å²) in [5.41, 5.74) is 0.0983. The lowest BCUT2D eigenvalue weighted by Gasteiger charge is -2.23. The molecule has 3 heterocycles. The van der Waals surface area contributed by atoms with Crippen molar-refractivity contribution >= 4 is 56.6 Å². The normalized spacial score (nSPS) is 13.3. The van der Waals surface area contributed by atoms with Gasteiger partial charge in [0.1, 0.15) is 18.0 Å². The molecule has 0 aliphatic carbocycles. The van der Waals surface area contributed by atoms with Crippen molar-refractivity contribution in [3.63, 3.8) is 0 Å². The molecular weight excluding hydrogens is 688 g/mol. The Kier molecular flexibility index (Phi) is 11.4. The molecule has 3 rings (SSSR count). The molecule has 0 saturated carbocycles. The lowest BCUT2D eigenvalue weighted by molar-refractivity contribution is -0.325. The van der Waals surface area contributed by atoms with E-state index in [1.165, 1.54) is 10.1 Å². The van der Waals surface area contributed by atoms with Gasteiger partial charge in [-0.3, -0.25) is 14.2 Å². The van der Waals surface area contributed by atoms with Crippen molar-refractivity contribution in [1.82, 2.24) is 39.1 Å². The molecule has 0 radical (unpaired) electrons. The number of pyridine rings is 1. The second kappa shape index (κ2) is 14.8. The maximum absolute atomic E-state index is 13.0. The van der Waals surface area contributed by atoms with Crippen molar-refractivity contribution in [2.75, 3.05) is 18.9 Å². The summed E-state index contributed by atoms with van der Waals surface area (Å²) in [5, 5.41) is 52.3. The number of nitrogens with two attached hydrogens (primary N) is 1. The van der Waals surface area contributed by atoms with E-state index in [0.717, 1.165) is 37.4 Å². The number of carboxylic acid groups (broad SMARTS) is 1. The molecule has 25 heteroatoms. The highest BCUT2D eigenvalue weighted by Crippen LogP contribution is 2.16. The fourth-order valence-corrected chi connectivity index (χ4v) is 4.76. The molecule has 0 bridgehead atoms. The van der Waals surface area contributed by atoms with Crippen LogP contribution >= 0.6 is 11.3 Å². The van der Waals surface area contributed by atoms with Crippen LogP contribution in [-0.4, -0.2) is 108 Å². The van der Waals surface area contributed by atoms with E-state index in [1.54, 1.807) is 0 Å². The van der Waals surface area contributed by atoms with E-state index < -0.39 is 94.0 Å². The highest BCUT2D eigenvalue weighted by Gasteiger charge is 2.29. The third-order valence-corrected chi connectivity index (χ3v) is 7.63. The highest BCUT2D eigenvalue weighted by molar-refractivity contribution is 7.88. The number of aromatic amines is 1. The third kappa shape index (κ3) is 8.78. The highest BCUT2D eigenvalue weighted by atomic mass is 32.2. The van der Waals surface area contributed by atoms with Gasteiger partial charge < -0.3 is 56.2 Å². The first-order valence-electron chi connectivity index (χ1n) is 13.1. The van der Waals surface area contributed by atoms with Crippen LogP contribution in [0.1, 0.15) is 19.5 Å². The van der Waals surface area contributed by atoms with Crippen LogP contribution in [0.15, 0.2) is 32.4 Å².